The number of nitrogens with zero attached hydrogens (tertiary/aromatic N) is 4. The molecular weight excluding hydrogens is 359 g/mol. The van der Waals surface area contributed by atoms with E-state index in [1.54, 1.807) is 61.8 Å². The van der Waals surface area contributed by atoms with Gasteiger partial charge in [0.15, 0.2) is 0 Å². The number of halogens is 1. The molecule has 0 radical (unpaired) electrons. The molecule has 0 atom stereocenters. The van der Waals surface area contributed by atoms with E-state index in [0.29, 0.717) is 39.9 Å². The molecular formula is C21H17FN4O2. The molecule has 0 bridgehead atoms. The highest BCUT2D eigenvalue weighted by Gasteiger charge is 2.20. The van der Waals surface area contributed by atoms with Gasteiger partial charge < -0.3 is 9.47 Å². The highest BCUT2D eigenvalue weighted by atomic mass is 19.1. The summed E-state index contributed by atoms with van der Waals surface area (Å²) >= 11 is 0. The number of ether oxygens (including phenoxy) is 2. The van der Waals surface area contributed by atoms with E-state index in [1.807, 2.05) is 12.1 Å². The fourth-order valence-electron chi connectivity index (χ4n) is 2.91. The molecule has 0 N–H and O–H groups in total. The Morgan fingerprint density at radius 3 is 2.57 bits per heavy atom. The minimum atomic E-state index is -0.363. The van der Waals surface area contributed by atoms with E-state index in [1.165, 1.54) is 12.1 Å². The van der Waals surface area contributed by atoms with Crippen LogP contribution >= 0.6 is 0 Å². The second kappa shape index (κ2) is 7.48. The third-order valence-electron chi connectivity index (χ3n) is 4.23. The zero-order valence-corrected chi connectivity index (χ0v) is 15.3. The third kappa shape index (κ3) is 3.29. The smallest absolute Gasteiger partial charge is 0.235 e. The minimum absolute atomic E-state index is 0.363. The van der Waals surface area contributed by atoms with Crippen LogP contribution in [-0.2, 0) is 0 Å². The molecule has 0 amide bonds. The molecule has 0 fully saturated rings. The fraction of sp³-hybridized carbons (Fsp3) is 0.0952. The van der Waals surface area contributed by atoms with Gasteiger partial charge in [-0.05, 0) is 42.5 Å². The predicted molar refractivity (Wildman–Crippen MR) is 105 cm³/mol. The molecule has 0 unspecified atom stereocenters. The number of hydrogen-bond donors (Lipinski definition) is 0. The number of methoxy groups -OCH3 is 2. The van der Waals surface area contributed by atoms with Crippen molar-refractivity contribution < 1.29 is 13.9 Å². The Morgan fingerprint density at radius 2 is 1.79 bits per heavy atom. The Kier molecular flexibility index (Phi) is 4.72. The number of pyridine rings is 1. The second-order valence-electron chi connectivity index (χ2n) is 5.93. The van der Waals surface area contributed by atoms with Crippen molar-refractivity contribution in [1.29, 1.82) is 0 Å². The van der Waals surface area contributed by atoms with E-state index in [-0.39, 0.29) is 5.82 Å². The summed E-state index contributed by atoms with van der Waals surface area (Å²) in [4.78, 5) is 15.1. The van der Waals surface area contributed by atoms with Crippen molar-refractivity contribution in [3.05, 3.63) is 72.8 Å². The molecule has 0 saturated carbocycles. The summed E-state index contributed by atoms with van der Waals surface area (Å²) in [6, 6.07) is 15.2. The first-order chi connectivity index (χ1) is 13.7. The third-order valence-corrected chi connectivity index (χ3v) is 4.23. The van der Waals surface area contributed by atoms with Crippen molar-refractivity contribution in [2.24, 2.45) is 0 Å². The summed E-state index contributed by atoms with van der Waals surface area (Å²) in [7, 11) is 3.14. The molecule has 0 aliphatic heterocycles. The maximum atomic E-state index is 14.0. The predicted octanol–water partition coefficient (Wildman–Crippen LogP) is 4.65. The molecule has 2 aromatic heterocycles. The summed E-state index contributed by atoms with van der Waals surface area (Å²) in [6.07, 6.45) is 3.32. The molecule has 4 rings (SSSR count). The Hall–Kier alpha value is -3.74. The molecule has 2 aromatic carbocycles. The van der Waals surface area contributed by atoms with Crippen LogP contribution < -0.4 is 14.4 Å². The quantitative estimate of drug-likeness (QED) is 0.505. The largest absolute Gasteiger partial charge is 0.497 e. The maximum Gasteiger partial charge on any atom is 0.235 e. The molecule has 0 spiro atoms. The lowest BCUT2D eigenvalue weighted by Gasteiger charge is -2.25. The lowest BCUT2D eigenvalue weighted by molar-refractivity contribution is 0.395. The standard InChI is InChI=1S/C21H17FN4O2/c1-27-16-8-9-19(20(12-16)28-2)26(15-6-3-5-14(22)11-15)21-24-13-18-17(25-21)7-4-10-23-18/h3-13H,1-2H3. The Morgan fingerprint density at radius 1 is 0.893 bits per heavy atom. The molecule has 0 aliphatic rings. The molecule has 2 heterocycles. The number of aromatic nitrogens is 3. The fourth-order valence-corrected chi connectivity index (χ4v) is 2.91. The van der Waals surface area contributed by atoms with Crippen LogP contribution in [0.4, 0.5) is 21.7 Å². The zero-order chi connectivity index (χ0) is 19.5. The van der Waals surface area contributed by atoms with Gasteiger partial charge in [0.1, 0.15) is 22.8 Å². The van der Waals surface area contributed by atoms with E-state index < -0.39 is 0 Å². The van der Waals surface area contributed by atoms with E-state index in [0.717, 1.165) is 0 Å². The first-order valence-electron chi connectivity index (χ1n) is 8.55. The molecule has 140 valence electrons. The lowest BCUT2D eigenvalue weighted by Crippen LogP contribution is -2.14. The monoisotopic (exact) mass is 376 g/mol. The van der Waals surface area contributed by atoms with Crippen molar-refractivity contribution in [3.8, 4) is 11.5 Å². The SMILES string of the molecule is COc1ccc(N(c2cccc(F)c2)c2ncc3ncccc3n2)c(OC)c1. The van der Waals surface area contributed by atoms with Crippen LogP contribution in [0, 0.1) is 5.82 Å². The van der Waals surface area contributed by atoms with Gasteiger partial charge in [-0.15, -0.1) is 0 Å². The average molecular weight is 376 g/mol. The van der Waals surface area contributed by atoms with Gasteiger partial charge in [-0.2, -0.15) is 0 Å². The van der Waals surface area contributed by atoms with Gasteiger partial charge >= 0.3 is 0 Å². The van der Waals surface area contributed by atoms with Gasteiger partial charge in [-0.25, -0.2) is 14.4 Å². The maximum absolute atomic E-state index is 14.0. The summed E-state index contributed by atoms with van der Waals surface area (Å²) in [6.45, 7) is 0. The van der Waals surface area contributed by atoms with Gasteiger partial charge in [0.2, 0.25) is 5.95 Å². The Balaban J connectivity index is 1.94. The van der Waals surface area contributed by atoms with Crippen LogP contribution in [0.25, 0.3) is 11.0 Å². The van der Waals surface area contributed by atoms with E-state index in [9.17, 15) is 4.39 Å². The Labute approximate surface area is 161 Å². The average Bonchev–Trinajstić information content (AvgIpc) is 2.74. The van der Waals surface area contributed by atoms with Crippen molar-refractivity contribution in [2.75, 3.05) is 19.1 Å². The zero-order valence-electron chi connectivity index (χ0n) is 15.3. The summed E-state index contributed by atoms with van der Waals surface area (Å²) in [5, 5.41) is 0. The summed E-state index contributed by atoms with van der Waals surface area (Å²) in [5.74, 6) is 1.19. The van der Waals surface area contributed by atoms with Gasteiger partial charge in [-0.3, -0.25) is 9.88 Å². The summed E-state index contributed by atoms with van der Waals surface area (Å²) < 4.78 is 24.8. The number of anilines is 3. The molecule has 0 saturated heterocycles. The van der Waals surface area contributed by atoms with Gasteiger partial charge in [0.05, 0.1) is 37.3 Å². The van der Waals surface area contributed by atoms with Gasteiger partial charge in [-0.1, -0.05) is 6.07 Å². The number of fused-ring (bicyclic) bond motifs is 1. The van der Waals surface area contributed by atoms with Gasteiger partial charge in [0.25, 0.3) is 0 Å². The highest BCUT2D eigenvalue weighted by molar-refractivity contribution is 5.81. The van der Waals surface area contributed by atoms with Crippen molar-refractivity contribution >= 4 is 28.4 Å². The van der Waals surface area contributed by atoms with Crippen molar-refractivity contribution in [3.63, 3.8) is 0 Å². The van der Waals surface area contributed by atoms with E-state index >= 15 is 0 Å². The summed E-state index contributed by atoms with van der Waals surface area (Å²) in [5.41, 5.74) is 2.57. The van der Waals surface area contributed by atoms with Crippen LogP contribution in [0.1, 0.15) is 0 Å². The second-order valence-corrected chi connectivity index (χ2v) is 5.93. The van der Waals surface area contributed by atoms with E-state index in [2.05, 4.69) is 15.0 Å². The molecule has 7 heteroatoms. The van der Waals surface area contributed by atoms with Crippen LogP contribution in [0.2, 0.25) is 0 Å². The lowest BCUT2D eigenvalue weighted by atomic mass is 10.2. The highest BCUT2D eigenvalue weighted by Crippen LogP contribution is 2.40. The molecule has 28 heavy (non-hydrogen) atoms. The molecule has 4 aromatic rings. The van der Waals surface area contributed by atoms with Crippen LogP contribution in [0.5, 0.6) is 11.5 Å². The van der Waals surface area contributed by atoms with Crippen LogP contribution in [-0.4, -0.2) is 29.2 Å². The van der Waals surface area contributed by atoms with Gasteiger partial charge in [0, 0.05) is 12.3 Å². The minimum Gasteiger partial charge on any atom is -0.497 e. The first-order valence-corrected chi connectivity index (χ1v) is 8.55. The topological polar surface area (TPSA) is 60.4 Å². The van der Waals surface area contributed by atoms with Crippen molar-refractivity contribution in [1.82, 2.24) is 15.0 Å². The Bertz CT molecular complexity index is 1140. The normalized spacial score (nSPS) is 10.7. The molecule has 6 nitrogen and oxygen atoms in total. The molecule has 0 aliphatic carbocycles. The van der Waals surface area contributed by atoms with Crippen molar-refractivity contribution in [2.45, 2.75) is 0 Å². The van der Waals surface area contributed by atoms with E-state index in [4.69, 9.17) is 9.47 Å². The van der Waals surface area contributed by atoms with Crippen LogP contribution in [0.15, 0.2) is 67.0 Å². The van der Waals surface area contributed by atoms with Crippen LogP contribution in [0.3, 0.4) is 0 Å². The number of hydrogen-bond acceptors (Lipinski definition) is 6. The number of rotatable bonds is 5. The first kappa shape index (κ1) is 17.7. The number of benzene rings is 2.